The number of para-hydroxylation sites is 1. The van der Waals surface area contributed by atoms with Crippen molar-refractivity contribution in [3.8, 4) is 0 Å². The van der Waals surface area contributed by atoms with Gasteiger partial charge in [0.25, 0.3) is 5.91 Å². The van der Waals surface area contributed by atoms with Crippen LogP contribution < -0.4 is 16.0 Å². The first-order chi connectivity index (χ1) is 13.9. The van der Waals surface area contributed by atoms with Crippen LogP contribution in [0.3, 0.4) is 0 Å². The SMILES string of the molecule is CNC(=O)c1ccccc1Nc1cc(NCc2ccccc2)ncc1C(F)(F)F. The quantitative estimate of drug-likeness (QED) is 0.555. The Kier molecular flexibility index (Phi) is 6.01. The number of nitrogens with one attached hydrogen (secondary N) is 3. The van der Waals surface area contributed by atoms with Gasteiger partial charge in [0.1, 0.15) is 5.82 Å². The summed E-state index contributed by atoms with van der Waals surface area (Å²) < 4.78 is 40.4. The average molecular weight is 400 g/mol. The predicted octanol–water partition coefficient (Wildman–Crippen LogP) is 4.82. The van der Waals surface area contributed by atoms with Crippen molar-refractivity contribution >= 4 is 23.1 Å². The Labute approximate surface area is 166 Å². The maximum absolute atomic E-state index is 13.5. The number of pyridine rings is 1. The van der Waals surface area contributed by atoms with E-state index in [4.69, 9.17) is 0 Å². The molecule has 0 aliphatic carbocycles. The van der Waals surface area contributed by atoms with Crippen LogP contribution in [0.5, 0.6) is 0 Å². The van der Waals surface area contributed by atoms with E-state index in [9.17, 15) is 18.0 Å². The summed E-state index contributed by atoms with van der Waals surface area (Å²) in [5.74, 6) is -0.125. The molecule has 0 aliphatic heterocycles. The van der Waals surface area contributed by atoms with Gasteiger partial charge in [-0.05, 0) is 17.7 Å². The molecule has 8 heteroatoms. The Bertz CT molecular complexity index is 991. The molecule has 0 bridgehead atoms. The van der Waals surface area contributed by atoms with Gasteiger partial charge in [0, 0.05) is 25.9 Å². The normalized spacial score (nSPS) is 11.0. The summed E-state index contributed by atoms with van der Waals surface area (Å²) in [5.41, 5.74) is 0.346. The fourth-order valence-corrected chi connectivity index (χ4v) is 2.74. The van der Waals surface area contributed by atoms with E-state index in [0.29, 0.717) is 6.54 Å². The van der Waals surface area contributed by atoms with Crippen LogP contribution in [0, 0.1) is 0 Å². The Morgan fingerprint density at radius 1 is 1.00 bits per heavy atom. The molecule has 1 heterocycles. The zero-order valence-electron chi connectivity index (χ0n) is 15.5. The monoisotopic (exact) mass is 400 g/mol. The van der Waals surface area contributed by atoms with E-state index in [0.717, 1.165) is 11.8 Å². The number of anilines is 3. The molecule has 0 aliphatic rings. The molecular weight excluding hydrogens is 381 g/mol. The third-order valence-electron chi connectivity index (χ3n) is 4.19. The number of hydrogen-bond acceptors (Lipinski definition) is 4. The smallest absolute Gasteiger partial charge is 0.366 e. The predicted molar refractivity (Wildman–Crippen MR) is 106 cm³/mol. The van der Waals surface area contributed by atoms with Gasteiger partial charge in [0.05, 0.1) is 22.5 Å². The van der Waals surface area contributed by atoms with E-state index in [1.165, 1.54) is 19.2 Å². The first-order valence-electron chi connectivity index (χ1n) is 8.81. The molecule has 0 unspecified atom stereocenters. The van der Waals surface area contributed by atoms with E-state index in [1.807, 2.05) is 30.3 Å². The van der Waals surface area contributed by atoms with E-state index in [1.54, 1.807) is 18.2 Å². The highest BCUT2D eigenvalue weighted by Gasteiger charge is 2.34. The van der Waals surface area contributed by atoms with Crippen LogP contribution in [-0.2, 0) is 12.7 Å². The minimum Gasteiger partial charge on any atom is -0.366 e. The lowest BCUT2D eigenvalue weighted by atomic mass is 10.1. The van der Waals surface area contributed by atoms with Crippen LogP contribution in [0.1, 0.15) is 21.5 Å². The Balaban J connectivity index is 1.92. The number of halogens is 3. The lowest BCUT2D eigenvalue weighted by Crippen LogP contribution is -2.19. The lowest BCUT2D eigenvalue weighted by molar-refractivity contribution is -0.137. The highest BCUT2D eigenvalue weighted by atomic mass is 19.4. The second-order valence-corrected chi connectivity index (χ2v) is 6.20. The van der Waals surface area contributed by atoms with Crippen molar-refractivity contribution in [1.82, 2.24) is 10.3 Å². The average Bonchev–Trinajstić information content (AvgIpc) is 2.72. The molecule has 0 saturated heterocycles. The summed E-state index contributed by atoms with van der Waals surface area (Å²) in [6.45, 7) is 0.410. The van der Waals surface area contributed by atoms with Gasteiger partial charge in [-0.15, -0.1) is 0 Å². The van der Waals surface area contributed by atoms with Crippen LogP contribution in [-0.4, -0.2) is 17.9 Å². The number of carbonyl (C=O) groups excluding carboxylic acids is 1. The van der Waals surface area contributed by atoms with Crippen LogP contribution in [0.4, 0.5) is 30.4 Å². The van der Waals surface area contributed by atoms with E-state index in [2.05, 4.69) is 20.9 Å². The van der Waals surface area contributed by atoms with Gasteiger partial charge in [-0.3, -0.25) is 4.79 Å². The Morgan fingerprint density at radius 3 is 2.38 bits per heavy atom. The third-order valence-corrected chi connectivity index (χ3v) is 4.19. The summed E-state index contributed by atoms with van der Waals surface area (Å²) in [6.07, 6.45) is -3.83. The maximum Gasteiger partial charge on any atom is 0.419 e. The second-order valence-electron chi connectivity index (χ2n) is 6.20. The van der Waals surface area contributed by atoms with E-state index >= 15 is 0 Å². The molecule has 0 saturated carbocycles. The van der Waals surface area contributed by atoms with E-state index in [-0.39, 0.29) is 22.8 Å². The van der Waals surface area contributed by atoms with Crippen molar-refractivity contribution < 1.29 is 18.0 Å². The van der Waals surface area contributed by atoms with Crippen LogP contribution in [0.25, 0.3) is 0 Å². The third kappa shape index (κ3) is 5.04. The minimum atomic E-state index is -4.60. The van der Waals surface area contributed by atoms with Crippen molar-refractivity contribution in [2.24, 2.45) is 0 Å². The topological polar surface area (TPSA) is 66.1 Å². The first kappa shape index (κ1) is 20.2. The molecule has 0 atom stereocenters. The summed E-state index contributed by atoms with van der Waals surface area (Å²) in [5, 5.41) is 8.23. The molecule has 1 amide bonds. The zero-order valence-corrected chi connectivity index (χ0v) is 15.5. The van der Waals surface area contributed by atoms with Gasteiger partial charge in [0.15, 0.2) is 0 Å². The van der Waals surface area contributed by atoms with Crippen molar-refractivity contribution in [2.75, 3.05) is 17.7 Å². The van der Waals surface area contributed by atoms with Gasteiger partial charge in [-0.1, -0.05) is 42.5 Å². The Hall–Kier alpha value is -3.55. The number of rotatable bonds is 6. The first-order valence-corrected chi connectivity index (χ1v) is 8.81. The minimum absolute atomic E-state index is 0.195. The van der Waals surface area contributed by atoms with Crippen molar-refractivity contribution in [3.63, 3.8) is 0 Å². The number of benzene rings is 2. The number of hydrogen-bond donors (Lipinski definition) is 3. The highest BCUT2D eigenvalue weighted by molar-refractivity contribution is 6.00. The fraction of sp³-hybridized carbons (Fsp3) is 0.143. The van der Waals surface area contributed by atoms with Gasteiger partial charge in [0.2, 0.25) is 0 Å². The van der Waals surface area contributed by atoms with Gasteiger partial charge in [-0.25, -0.2) is 4.98 Å². The molecule has 2 aromatic carbocycles. The standard InChI is InChI=1S/C21H19F3N4O/c1-25-20(29)15-9-5-6-10-17(15)28-18-11-19(27-13-16(18)21(22,23)24)26-12-14-7-3-2-4-8-14/h2-11,13H,12H2,1H3,(H,25,29)(H2,26,27,28). The molecule has 0 radical (unpaired) electrons. The van der Waals surface area contributed by atoms with Crippen LogP contribution in [0.15, 0.2) is 66.9 Å². The molecule has 3 N–H and O–H groups in total. The summed E-state index contributed by atoms with van der Waals surface area (Å²) in [7, 11) is 1.46. The highest BCUT2D eigenvalue weighted by Crippen LogP contribution is 2.37. The molecule has 29 heavy (non-hydrogen) atoms. The van der Waals surface area contributed by atoms with Gasteiger partial charge in [-0.2, -0.15) is 13.2 Å². The molecule has 3 aromatic rings. The van der Waals surface area contributed by atoms with Gasteiger partial charge < -0.3 is 16.0 Å². The molecule has 5 nitrogen and oxygen atoms in total. The Morgan fingerprint density at radius 2 is 1.69 bits per heavy atom. The summed E-state index contributed by atoms with van der Waals surface area (Å²) in [6, 6.07) is 17.1. The van der Waals surface area contributed by atoms with Crippen LogP contribution >= 0.6 is 0 Å². The number of nitrogens with zero attached hydrogens (tertiary/aromatic N) is 1. The molecule has 150 valence electrons. The molecular formula is C21H19F3N4O. The van der Waals surface area contributed by atoms with Gasteiger partial charge >= 0.3 is 6.18 Å². The number of carbonyl (C=O) groups is 1. The molecule has 0 fully saturated rings. The summed E-state index contributed by atoms with van der Waals surface area (Å²) >= 11 is 0. The molecule has 0 spiro atoms. The van der Waals surface area contributed by atoms with Crippen molar-refractivity contribution in [3.05, 3.63) is 83.6 Å². The largest absolute Gasteiger partial charge is 0.419 e. The molecule has 1 aromatic heterocycles. The number of amides is 1. The second kappa shape index (κ2) is 8.64. The number of aromatic nitrogens is 1. The van der Waals surface area contributed by atoms with E-state index < -0.39 is 17.6 Å². The molecule has 3 rings (SSSR count). The van der Waals surface area contributed by atoms with Crippen molar-refractivity contribution in [2.45, 2.75) is 12.7 Å². The maximum atomic E-state index is 13.5. The van der Waals surface area contributed by atoms with Crippen molar-refractivity contribution in [1.29, 1.82) is 0 Å². The number of alkyl halides is 3. The summed E-state index contributed by atoms with van der Waals surface area (Å²) in [4.78, 5) is 15.9. The zero-order chi connectivity index (χ0) is 20.9. The fourth-order valence-electron chi connectivity index (χ4n) is 2.74. The van der Waals surface area contributed by atoms with Crippen LogP contribution in [0.2, 0.25) is 0 Å². The lowest BCUT2D eigenvalue weighted by Gasteiger charge is -2.17.